The summed E-state index contributed by atoms with van der Waals surface area (Å²) in [5, 5.41) is 2.66. The monoisotopic (exact) mass is 380 g/mol. The fourth-order valence-corrected chi connectivity index (χ4v) is 3.19. The summed E-state index contributed by atoms with van der Waals surface area (Å²) in [6.07, 6.45) is 0.808. The number of benzene rings is 2. The molecule has 0 saturated heterocycles. The number of ether oxygens (including phenoxy) is 1. The van der Waals surface area contributed by atoms with Gasteiger partial charge in [0.25, 0.3) is 0 Å². The highest BCUT2D eigenvalue weighted by Gasteiger charge is 2.13. The van der Waals surface area contributed by atoms with Crippen molar-refractivity contribution in [1.29, 1.82) is 0 Å². The molecule has 26 heavy (non-hydrogen) atoms. The van der Waals surface area contributed by atoms with Gasteiger partial charge >= 0.3 is 0 Å². The largest absolute Gasteiger partial charge is 0.493 e. The second kappa shape index (κ2) is 9.30. The summed E-state index contributed by atoms with van der Waals surface area (Å²) in [6, 6.07) is 11.4. The molecule has 6 nitrogen and oxygen atoms in total. The van der Waals surface area contributed by atoms with E-state index in [9.17, 15) is 17.6 Å². The molecule has 0 fully saturated rings. The Labute approximate surface area is 152 Å². The lowest BCUT2D eigenvalue weighted by molar-refractivity contribution is -0.116. The first-order chi connectivity index (χ1) is 12.4. The summed E-state index contributed by atoms with van der Waals surface area (Å²) < 4.78 is 44.6. The predicted octanol–water partition coefficient (Wildman–Crippen LogP) is 2.92. The SMILES string of the molecule is CCCNS(=O)(=O)c1ccc(NC(=O)CCOc2ccc(F)cc2)cc1. The van der Waals surface area contributed by atoms with E-state index in [4.69, 9.17) is 4.74 Å². The van der Waals surface area contributed by atoms with Crippen molar-refractivity contribution in [3.05, 3.63) is 54.3 Å². The number of halogens is 1. The van der Waals surface area contributed by atoms with Gasteiger partial charge in [-0.05, 0) is 55.0 Å². The lowest BCUT2D eigenvalue weighted by Crippen LogP contribution is -2.24. The average molecular weight is 380 g/mol. The van der Waals surface area contributed by atoms with E-state index < -0.39 is 10.0 Å². The van der Waals surface area contributed by atoms with E-state index in [1.54, 1.807) is 0 Å². The second-order valence-corrected chi connectivity index (χ2v) is 7.29. The van der Waals surface area contributed by atoms with Crippen LogP contribution in [-0.4, -0.2) is 27.5 Å². The molecule has 0 unspecified atom stereocenters. The van der Waals surface area contributed by atoms with Crippen molar-refractivity contribution in [3.8, 4) is 5.75 Å². The van der Waals surface area contributed by atoms with Gasteiger partial charge in [-0.2, -0.15) is 0 Å². The molecule has 2 rings (SSSR count). The lowest BCUT2D eigenvalue weighted by Gasteiger charge is -2.09. The van der Waals surface area contributed by atoms with Crippen LogP contribution in [0.5, 0.6) is 5.75 Å². The molecule has 0 bridgehead atoms. The molecule has 0 heterocycles. The molecule has 0 radical (unpaired) electrons. The highest BCUT2D eigenvalue weighted by Crippen LogP contribution is 2.15. The Morgan fingerprint density at radius 2 is 1.73 bits per heavy atom. The molecular formula is C18H21FN2O4S. The standard InChI is InChI=1S/C18H21FN2O4S/c1-2-12-20-26(23,24)17-9-5-15(6-10-17)21-18(22)11-13-25-16-7-3-14(19)4-8-16/h3-10,20H,2,11-13H2,1H3,(H,21,22). The Kier molecular flexibility index (Phi) is 7.11. The molecule has 8 heteroatoms. The number of nitrogens with one attached hydrogen (secondary N) is 2. The molecular weight excluding hydrogens is 359 g/mol. The van der Waals surface area contributed by atoms with E-state index in [0.717, 1.165) is 0 Å². The van der Waals surface area contributed by atoms with E-state index in [2.05, 4.69) is 10.0 Å². The Hall–Kier alpha value is -2.45. The van der Waals surface area contributed by atoms with Crippen molar-refractivity contribution in [1.82, 2.24) is 4.72 Å². The van der Waals surface area contributed by atoms with E-state index in [1.807, 2.05) is 6.92 Å². The number of amides is 1. The van der Waals surface area contributed by atoms with Crippen LogP contribution >= 0.6 is 0 Å². The van der Waals surface area contributed by atoms with E-state index in [0.29, 0.717) is 24.4 Å². The maximum absolute atomic E-state index is 12.8. The Bertz CT molecular complexity index is 821. The number of rotatable bonds is 9. The second-order valence-electron chi connectivity index (χ2n) is 5.52. The molecule has 0 atom stereocenters. The zero-order valence-electron chi connectivity index (χ0n) is 14.4. The molecule has 140 valence electrons. The van der Waals surface area contributed by atoms with Gasteiger partial charge in [0.1, 0.15) is 11.6 Å². The molecule has 0 aromatic heterocycles. The van der Waals surface area contributed by atoms with Crippen LogP contribution in [0.25, 0.3) is 0 Å². The number of carbonyl (C=O) groups is 1. The summed E-state index contributed by atoms with van der Waals surface area (Å²) in [4.78, 5) is 12.0. The number of carbonyl (C=O) groups excluding carboxylic acids is 1. The van der Waals surface area contributed by atoms with Crippen molar-refractivity contribution in [2.45, 2.75) is 24.7 Å². The molecule has 0 aliphatic rings. The van der Waals surface area contributed by atoms with E-state index in [-0.39, 0.29) is 29.6 Å². The molecule has 0 spiro atoms. The van der Waals surface area contributed by atoms with Gasteiger partial charge in [-0.25, -0.2) is 17.5 Å². The molecule has 2 N–H and O–H groups in total. The summed E-state index contributed by atoms with van der Waals surface area (Å²) in [5.74, 6) is -0.148. The number of hydrogen-bond acceptors (Lipinski definition) is 4. The first-order valence-corrected chi connectivity index (χ1v) is 9.67. The van der Waals surface area contributed by atoms with Gasteiger partial charge < -0.3 is 10.1 Å². The maximum Gasteiger partial charge on any atom is 0.240 e. The van der Waals surface area contributed by atoms with Gasteiger partial charge in [0.05, 0.1) is 17.9 Å². The summed E-state index contributed by atoms with van der Waals surface area (Å²) in [5.41, 5.74) is 0.492. The minimum Gasteiger partial charge on any atom is -0.493 e. The Balaban J connectivity index is 1.82. The zero-order chi connectivity index (χ0) is 19.0. The normalized spacial score (nSPS) is 11.2. The quantitative estimate of drug-likeness (QED) is 0.701. The van der Waals surface area contributed by atoms with Crippen LogP contribution in [-0.2, 0) is 14.8 Å². The van der Waals surface area contributed by atoms with Gasteiger partial charge in [0, 0.05) is 12.2 Å². The van der Waals surface area contributed by atoms with Crippen LogP contribution < -0.4 is 14.8 Å². The first-order valence-electron chi connectivity index (χ1n) is 8.18. The van der Waals surface area contributed by atoms with Gasteiger partial charge in [-0.15, -0.1) is 0 Å². The first kappa shape index (κ1) is 19.9. The van der Waals surface area contributed by atoms with Crippen molar-refractivity contribution >= 4 is 21.6 Å². The maximum atomic E-state index is 12.8. The topological polar surface area (TPSA) is 84.5 Å². The predicted molar refractivity (Wildman–Crippen MR) is 97.1 cm³/mol. The third kappa shape index (κ3) is 6.12. The molecule has 1 amide bonds. The van der Waals surface area contributed by atoms with Crippen LogP contribution in [0.2, 0.25) is 0 Å². The van der Waals surface area contributed by atoms with E-state index in [1.165, 1.54) is 48.5 Å². The van der Waals surface area contributed by atoms with Crippen molar-refractivity contribution in [2.75, 3.05) is 18.5 Å². The minimum atomic E-state index is -3.52. The van der Waals surface area contributed by atoms with Crippen LogP contribution in [0.1, 0.15) is 19.8 Å². The molecule has 2 aromatic carbocycles. The van der Waals surface area contributed by atoms with Crippen molar-refractivity contribution < 1.29 is 22.3 Å². The summed E-state index contributed by atoms with van der Waals surface area (Å²) in [6.45, 7) is 2.39. The van der Waals surface area contributed by atoms with Crippen LogP contribution in [0.15, 0.2) is 53.4 Å². The number of anilines is 1. The van der Waals surface area contributed by atoms with Gasteiger partial charge in [0.2, 0.25) is 15.9 Å². The summed E-state index contributed by atoms with van der Waals surface area (Å²) >= 11 is 0. The molecule has 0 aliphatic heterocycles. The molecule has 0 saturated carbocycles. The Morgan fingerprint density at radius 3 is 2.35 bits per heavy atom. The minimum absolute atomic E-state index is 0.107. The lowest BCUT2D eigenvalue weighted by atomic mass is 10.3. The van der Waals surface area contributed by atoms with Gasteiger partial charge in [0.15, 0.2) is 0 Å². The summed E-state index contributed by atoms with van der Waals surface area (Å²) in [7, 11) is -3.52. The molecule has 0 aliphatic carbocycles. The third-order valence-electron chi connectivity index (χ3n) is 3.40. The van der Waals surface area contributed by atoms with Crippen molar-refractivity contribution in [2.24, 2.45) is 0 Å². The zero-order valence-corrected chi connectivity index (χ0v) is 15.2. The smallest absolute Gasteiger partial charge is 0.240 e. The highest BCUT2D eigenvalue weighted by molar-refractivity contribution is 7.89. The number of sulfonamides is 1. The third-order valence-corrected chi connectivity index (χ3v) is 4.88. The Morgan fingerprint density at radius 1 is 1.08 bits per heavy atom. The fourth-order valence-electron chi connectivity index (χ4n) is 2.05. The number of hydrogen-bond donors (Lipinski definition) is 2. The van der Waals surface area contributed by atoms with Crippen LogP contribution in [0.4, 0.5) is 10.1 Å². The average Bonchev–Trinajstić information content (AvgIpc) is 2.62. The van der Waals surface area contributed by atoms with Gasteiger partial charge in [-0.1, -0.05) is 6.92 Å². The van der Waals surface area contributed by atoms with E-state index >= 15 is 0 Å². The van der Waals surface area contributed by atoms with Crippen LogP contribution in [0, 0.1) is 5.82 Å². The highest BCUT2D eigenvalue weighted by atomic mass is 32.2. The van der Waals surface area contributed by atoms with Crippen molar-refractivity contribution in [3.63, 3.8) is 0 Å². The fraction of sp³-hybridized carbons (Fsp3) is 0.278. The van der Waals surface area contributed by atoms with Gasteiger partial charge in [-0.3, -0.25) is 4.79 Å². The van der Waals surface area contributed by atoms with Crippen LogP contribution in [0.3, 0.4) is 0 Å². The molecule has 2 aromatic rings.